The van der Waals surface area contributed by atoms with Crippen molar-refractivity contribution >= 4 is 50.9 Å². The zero-order chi connectivity index (χ0) is 15.5. The van der Waals surface area contributed by atoms with Gasteiger partial charge in [-0.2, -0.15) is 0 Å². The van der Waals surface area contributed by atoms with Gasteiger partial charge in [0.15, 0.2) is 5.43 Å². The molecule has 0 atom stereocenters. The molecule has 2 heterocycles. The first-order valence-electron chi connectivity index (χ1n) is 6.84. The van der Waals surface area contributed by atoms with Crippen molar-refractivity contribution in [1.82, 2.24) is 4.90 Å². The summed E-state index contributed by atoms with van der Waals surface area (Å²) in [5, 5.41) is 1.02. The molecule has 116 valence electrons. The first kappa shape index (κ1) is 15.8. The molecule has 22 heavy (non-hydrogen) atoms. The number of morpholine rings is 1. The first-order valence-corrected chi connectivity index (χ1v) is 8.62. The van der Waals surface area contributed by atoms with Crippen molar-refractivity contribution < 1.29 is 9.15 Å². The average molecular weight is 356 g/mol. The molecule has 7 heteroatoms. The number of nitrogens with zero attached hydrogens (tertiary/aromatic N) is 1. The van der Waals surface area contributed by atoms with E-state index in [2.05, 4.69) is 4.90 Å². The summed E-state index contributed by atoms with van der Waals surface area (Å²) < 4.78 is 11.6. The van der Waals surface area contributed by atoms with Gasteiger partial charge in [0.05, 0.1) is 24.9 Å². The summed E-state index contributed by atoms with van der Waals surface area (Å²) >= 11 is 12.8. The standard InChI is InChI=1S/C15H14ClNO3S2/c16-11-1-2-13-12(7-11)14(18)10(8-20-13)9-22-15(21)17-3-5-19-6-4-17/h1-2,7-8H,3-6,9H2. The zero-order valence-electron chi connectivity index (χ0n) is 11.7. The summed E-state index contributed by atoms with van der Waals surface area (Å²) in [7, 11) is 0. The lowest BCUT2D eigenvalue weighted by Gasteiger charge is -2.28. The highest BCUT2D eigenvalue weighted by atomic mass is 35.5. The maximum absolute atomic E-state index is 12.5. The number of hydrogen-bond donors (Lipinski definition) is 0. The average Bonchev–Trinajstić information content (AvgIpc) is 2.55. The number of halogens is 1. The molecule has 1 aromatic carbocycles. The minimum absolute atomic E-state index is 0.0546. The van der Waals surface area contributed by atoms with Crippen LogP contribution in [-0.2, 0) is 10.5 Å². The number of rotatable bonds is 2. The lowest BCUT2D eigenvalue weighted by molar-refractivity contribution is 0.0702. The van der Waals surface area contributed by atoms with E-state index in [1.54, 1.807) is 18.2 Å². The second-order valence-corrected chi connectivity index (χ2v) is 6.93. The predicted octanol–water partition coefficient (Wildman–Crippen LogP) is 3.30. The van der Waals surface area contributed by atoms with E-state index in [4.69, 9.17) is 33.0 Å². The molecule has 0 radical (unpaired) electrons. The Hall–Kier alpha value is -1.08. The topological polar surface area (TPSA) is 42.7 Å². The van der Waals surface area contributed by atoms with Gasteiger partial charge in [-0.15, -0.1) is 0 Å². The van der Waals surface area contributed by atoms with Crippen LogP contribution in [0.25, 0.3) is 11.0 Å². The fourth-order valence-corrected chi connectivity index (χ4v) is 3.59. The monoisotopic (exact) mass is 355 g/mol. The highest BCUT2D eigenvalue weighted by molar-refractivity contribution is 8.22. The Morgan fingerprint density at radius 2 is 2.14 bits per heavy atom. The van der Waals surface area contributed by atoms with Crippen LogP contribution in [0.15, 0.2) is 33.7 Å². The molecule has 2 aromatic rings. The van der Waals surface area contributed by atoms with Gasteiger partial charge in [0.1, 0.15) is 9.90 Å². The normalized spacial score (nSPS) is 15.2. The third-order valence-electron chi connectivity index (χ3n) is 3.43. The van der Waals surface area contributed by atoms with Crippen LogP contribution in [0, 0.1) is 0 Å². The quantitative estimate of drug-likeness (QED) is 0.770. The molecular formula is C15H14ClNO3S2. The van der Waals surface area contributed by atoms with Crippen LogP contribution in [0.3, 0.4) is 0 Å². The van der Waals surface area contributed by atoms with E-state index in [9.17, 15) is 4.79 Å². The Balaban J connectivity index is 1.75. The first-order chi connectivity index (χ1) is 10.6. The van der Waals surface area contributed by atoms with Gasteiger partial charge in [-0.05, 0) is 18.2 Å². The molecule has 0 saturated carbocycles. The number of thioether (sulfide) groups is 1. The Morgan fingerprint density at radius 3 is 2.91 bits per heavy atom. The second kappa shape index (κ2) is 7.00. The van der Waals surface area contributed by atoms with Gasteiger partial charge < -0.3 is 14.1 Å². The molecule has 0 spiro atoms. The van der Waals surface area contributed by atoms with E-state index in [-0.39, 0.29) is 5.43 Å². The lowest BCUT2D eigenvalue weighted by Crippen LogP contribution is -2.38. The van der Waals surface area contributed by atoms with E-state index in [1.807, 2.05) is 0 Å². The van der Waals surface area contributed by atoms with E-state index in [1.165, 1.54) is 18.0 Å². The van der Waals surface area contributed by atoms with Crippen molar-refractivity contribution in [1.29, 1.82) is 0 Å². The van der Waals surface area contributed by atoms with Crippen LogP contribution in [-0.4, -0.2) is 35.5 Å². The van der Waals surface area contributed by atoms with Gasteiger partial charge >= 0.3 is 0 Å². The fourth-order valence-electron chi connectivity index (χ4n) is 2.22. The Labute approximate surface area is 142 Å². The minimum atomic E-state index is -0.0546. The SMILES string of the molecule is O=c1c(CSC(=S)N2CCOCC2)coc2ccc(Cl)cc12. The van der Waals surface area contributed by atoms with Crippen molar-refractivity contribution in [2.75, 3.05) is 26.3 Å². The van der Waals surface area contributed by atoms with Crippen LogP contribution < -0.4 is 5.43 Å². The van der Waals surface area contributed by atoms with E-state index < -0.39 is 0 Å². The van der Waals surface area contributed by atoms with Crippen molar-refractivity contribution in [3.63, 3.8) is 0 Å². The number of ether oxygens (including phenoxy) is 1. The Morgan fingerprint density at radius 1 is 1.36 bits per heavy atom. The van der Waals surface area contributed by atoms with Gasteiger partial charge in [-0.25, -0.2) is 0 Å². The number of benzene rings is 1. The van der Waals surface area contributed by atoms with E-state index >= 15 is 0 Å². The van der Waals surface area contributed by atoms with Crippen LogP contribution in [0.2, 0.25) is 5.02 Å². The predicted molar refractivity (Wildman–Crippen MR) is 93.8 cm³/mol. The van der Waals surface area contributed by atoms with Crippen molar-refractivity contribution in [2.24, 2.45) is 0 Å². The highest BCUT2D eigenvalue weighted by Gasteiger charge is 2.15. The molecule has 0 N–H and O–H groups in total. The molecule has 1 saturated heterocycles. The molecule has 0 bridgehead atoms. The molecule has 3 rings (SSSR count). The maximum Gasteiger partial charge on any atom is 0.196 e. The molecule has 4 nitrogen and oxygen atoms in total. The molecular weight excluding hydrogens is 342 g/mol. The number of hydrogen-bond acceptors (Lipinski definition) is 5. The second-order valence-electron chi connectivity index (χ2n) is 4.88. The summed E-state index contributed by atoms with van der Waals surface area (Å²) in [6.45, 7) is 2.98. The summed E-state index contributed by atoms with van der Waals surface area (Å²) in [6.07, 6.45) is 1.51. The highest BCUT2D eigenvalue weighted by Crippen LogP contribution is 2.20. The van der Waals surface area contributed by atoms with Crippen LogP contribution >= 0.6 is 35.6 Å². The Bertz CT molecular complexity index is 756. The Kier molecular flexibility index (Phi) is 5.03. The molecule has 0 aliphatic carbocycles. The number of fused-ring (bicyclic) bond motifs is 1. The van der Waals surface area contributed by atoms with Crippen LogP contribution in [0.4, 0.5) is 0 Å². The zero-order valence-corrected chi connectivity index (χ0v) is 14.1. The van der Waals surface area contributed by atoms with Crippen LogP contribution in [0.1, 0.15) is 5.56 Å². The number of thiocarbonyl (C=S) groups is 1. The molecule has 1 aromatic heterocycles. The summed E-state index contributed by atoms with van der Waals surface area (Å²) in [6, 6.07) is 5.04. The summed E-state index contributed by atoms with van der Waals surface area (Å²) in [5.41, 5.74) is 1.08. The van der Waals surface area contributed by atoms with Crippen molar-refractivity contribution in [2.45, 2.75) is 5.75 Å². The van der Waals surface area contributed by atoms with Crippen molar-refractivity contribution in [3.8, 4) is 0 Å². The van der Waals surface area contributed by atoms with Gasteiger partial charge in [0.2, 0.25) is 0 Å². The van der Waals surface area contributed by atoms with Gasteiger partial charge in [0, 0.05) is 29.4 Å². The lowest BCUT2D eigenvalue weighted by atomic mass is 10.2. The van der Waals surface area contributed by atoms with Gasteiger partial charge in [0.25, 0.3) is 0 Å². The molecule has 1 aliphatic rings. The molecule has 1 fully saturated rings. The fraction of sp³-hybridized carbons (Fsp3) is 0.333. The van der Waals surface area contributed by atoms with E-state index in [0.29, 0.717) is 40.5 Å². The van der Waals surface area contributed by atoms with Gasteiger partial charge in [-0.1, -0.05) is 35.6 Å². The third kappa shape index (κ3) is 3.46. The maximum atomic E-state index is 12.5. The van der Waals surface area contributed by atoms with Gasteiger partial charge in [-0.3, -0.25) is 4.79 Å². The summed E-state index contributed by atoms with van der Waals surface area (Å²) in [4.78, 5) is 14.6. The van der Waals surface area contributed by atoms with Crippen LogP contribution in [0.5, 0.6) is 0 Å². The minimum Gasteiger partial charge on any atom is -0.464 e. The third-order valence-corrected chi connectivity index (χ3v) is 5.23. The smallest absolute Gasteiger partial charge is 0.196 e. The molecule has 0 amide bonds. The summed E-state index contributed by atoms with van der Waals surface area (Å²) in [5.74, 6) is 0.487. The largest absolute Gasteiger partial charge is 0.464 e. The molecule has 0 unspecified atom stereocenters. The molecule has 1 aliphatic heterocycles. The van der Waals surface area contributed by atoms with Crippen molar-refractivity contribution in [3.05, 3.63) is 45.3 Å². The van der Waals surface area contributed by atoms with E-state index in [0.717, 1.165) is 17.4 Å².